The monoisotopic (exact) mass is 390 g/mol. The Hall–Kier alpha value is -2.43. The minimum absolute atomic E-state index is 0.816. The van der Waals surface area contributed by atoms with Crippen molar-refractivity contribution in [3.05, 3.63) is 87.7 Å². The van der Waals surface area contributed by atoms with Crippen molar-refractivity contribution in [2.75, 3.05) is 13.1 Å². The number of aromatic nitrogens is 3. The summed E-state index contributed by atoms with van der Waals surface area (Å²) in [6.07, 6.45) is 9.82. The van der Waals surface area contributed by atoms with E-state index >= 15 is 0 Å². The summed E-state index contributed by atoms with van der Waals surface area (Å²) in [5.74, 6) is 0. The van der Waals surface area contributed by atoms with E-state index < -0.39 is 0 Å². The van der Waals surface area contributed by atoms with Crippen molar-refractivity contribution >= 4 is 17.2 Å². The summed E-state index contributed by atoms with van der Waals surface area (Å²) >= 11 is 6.31. The molecule has 0 spiro atoms. The Kier molecular flexibility index (Phi) is 4.75. The zero-order valence-corrected chi connectivity index (χ0v) is 16.5. The summed E-state index contributed by atoms with van der Waals surface area (Å²) in [5, 5.41) is 0.816. The van der Waals surface area contributed by atoms with Crippen LogP contribution in [0.1, 0.15) is 40.9 Å². The van der Waals surface area contributed by atoms with Crippen LogP contribution in [0.2, 0.25) is 5.02 Å². The van der Waals surface area contributed by atoms with Crippen molar-refractivity contribution in [1.82, 2.24) is 19.9 Å². The second-order valence-corrected chi connectivity index (χ2v) is 8.06. The molecule has 4 nitrogen and oxygen atoms in total. The first-order valence-corrected chi connectivity index (χ1v) is 10.3. The Morgan fingerprint density at radius 3 is 2.68 bits per heavy atom. The molecule has 0 bridgehead atoms. The fourth-order valence-corrected chi connectivity index (χ4v) is 4.67. The van der Waals surface area contributed by atoms with Gasteiger partial charge in [0.15, 0.2) is 0 Å². The summed E-state index contributed by atoms with van der Waals surface area (Å²) < 4.78 is 0. The number of H-pyrrole nitrogens is 1. The van der Waals surface area contributed by atoms with E-state index in [9.17, 15) is 0 Å². The van der Waals surface area contributed by atoms with Gasteiger partial charge in [-0.25, -0.2) is 4.98 Å². The number of pyridine rings is 1. The maximum Gasteiger partial charge on any atom is 0.0923 e. The number of nitrogens with one attached hydrogen (secondary N) is 1. The third kappa shape index (κ3) is 3.38. The van der Waals surface area contributed by atoms with Gasteiger partial charge in [-0.15, -0.1) is 0 Å². The SMILES string of the molecule is Clc1ccc2c(c1)CCc1cccnc1C2=C1CCN(Cc2c[nH]cn2)CC1. The Labute approximate surface area is 170 Å². The van der Waals surface area contributed by atoms with Crippen LogP contribution in [0.25, 0.3) is 5.57 Å². The van der Waals surface area contributed by atoms with E-state index in [1.165, 1.54) is 33.5 Å². The lowest BCUT2D eigenvalue weighted by Crippen LogP contribution is -2.30. The maximum atomic E-state index is 6.31. The minimum Gasteiger partial charge on any atom is -0.351 e. The molecule has 1 aliphatic heterocycles. The van der Waals surface area contributed by atoms with Crippen LogP contribution in [-0.4, -0.2) is 32.9 Å². The van der Waals surface area contributed by atoms with E-state index in [-0.39, 0.29) is 0 Å². The second-order valence-electron chi connectivity index (χ2n) is 7.63. The fraction of sp³-hybridized carbons (Fsp3) is 0.304. The van der Waals surface area contributed by atoms with Crippen molar-refractivity contribution in [2.24, 2.45) is 0 Å². The molecular formula is C23H23ClN4. The van der Waals surface area contributed by atoms with Crippen molar-refractivity contribution in [2.45, 2.75) is 32.2 Å². The summed E-state index contributed by atoms with van der Waals surface area (Å²) in [6.45, 7) is 3.01. The van der Waals surface area contributed by atoms with Crippen molar-refractivity contribution in [3.8, 4) is 0 Å². The van der Waals surface area contributed by atoms with Crippen molar-refractivity contribution < 1.29 is 0 Å². The molecule has 0 saturated carbocycles. The molecule has 2 aromatic heterocycles. The molecule has 0 amide bonds. The number of likely N-dealkylation sites (tertiary alicyclic amines) is 1. The fourth-order valence-electron chi connectivity index (χ4n) is 4.47. The van der Waals surface area contributed by atoms with Gasteiger partial charge in [0.05, 0.1) is 17.7 Å². The summed E-state index contributed by atoms with van der Waals surface area (Å²) in [4.78, 5) is 14.7. The first kappa shape index (κ1) is 17.7. The summed E-state index contributed by atoms with van der Waals surface area (Å²) in [5.41, 5.74) is 9.14. The van der Waals surface area contributed by atoms with Crippen LogP contribution in [0, 0.1) is 0 Å². The molecule has 0 unspecified atom stereocenters. The number of halogens is 1. The number of fused-ring (bicyclic) bond motifs is 2. The van der Waals surface area contributed by atoms with E-state index in [4.69, 9.17) is 16.6 Å². The number of piperidine rings is 1. The van der Waals surface area contributed by atoms with Crippen molar-refractivity contribution in [3.63, 3.8) is 0 Å². The second kappa shape index (κ2) is 7.53. The normalized spacial score (nSPS) is 17.2. The molecule has 142 valence electrons. The van der Waals surface area contributed by atoms with E-state index in [0.717, 1.165) is 56.0 Å². The number of hydrogen-bond acceptors (Lipinski definition) is 3. The molecule has 1 aliphatic carbocycles. The average molecular weight is 391 g/mol. The lowest BCUT2D eigenvalue weighted by molar-refractivity contribution is 0.246. The maximum absolute atomic E-state index is 6.31. The summed E-state index contributed by atoms with van der Waals surface area (Å²) in [7, 11) is 0. The van der Waals surface area contributed by atoms with Crippen molar-refractivity contribution in [1.29, 1.82) is 0 Å². The average Bonchev–Trinajstić information content (AvgIpc) is 3.17. The predicted octanol–water partition coefficient (Wildman–Crippen LogP) is 4.65. The number of hydrogen-bond donors (Lipinski definition) is 1. The predicted molar refractivity (Wildman–Crippen MR) is 112 cm³/mol. The molecule has 0 radical (unpaired) electrons. The third-order valence-corrected chi connectivity index (χ3v) is 6.12. The molecule has 5 heteroatoms. The van der Waals surface area contributed by atoms with E-state index in [2.05, 4.69) is 39.1 Å². The first-order valence-electron chi connectivity index (χ1n) is 9.93. The number of aryl methyl sites for hydroxylation is 2. The van der Waals surface area contributed by atoms with Crippen LogP contribution in [0.15, 0.2) is 54.6 Å². The zero-order valence-electron chi connectivity index (χ0n) is 15.8. The molecule has 1 saturated heterocycles. The first-order chi connectivity index (χ1) is 13.8. The van der Waals surface area contributed by atoms with E-state index in [1.54, 1.807) is 6.33 Å². The quantitative estimate of drug-likeness (QED) is 0.692. The molecule has 3 heterocycles. The highest BCUT2D eigenvalue weighted by atomic mass is 35.5. The standard InChI is InChI=1S/C23H23ClN4/c24-19-5-6-21-18(12-19)4-3-17-2-1-9-26-23(17)22(21)16-7-10-28(11-8-16)14-20-13-25-15-27-20/h1-2,5-6,9,12-13,15H,3-4,7-8,10-11,14H2,(H,25,27). The number of benzene rings is 1. The Balaban J connectivity index is 1.52. The number of aromatic amines is 1. The van der Waals surface area contributed by atoms with Crippen LogP contribution in [-0.2, 0) is 19.4 Å². The van der Waals surface area contributed by atoms with Crippen LogP contribution in [0.5, 0.6) is 0 Å². The Morgan fingerprint density at radius 1 is 1.00 bits per heavy atom. The molecule has 3 aromatic rings. The van der Waals surface area contributed by atoms with Gasteiger partial charge in [0.1, 0.15) is 0 Å². The lowest BCUT2D eigenvalue weighted by Gasteiger charge is -2.29. The van der Waals surface area contributed by atoms with Crippen LogP contribution >= 0.6 is 11.6 Å². The zero-order chi connectivity index (χ0) is 18.9. The molecule has 0 atom stereocenters. The van der Waals surface area contributed by atoms with Gasteiger partial charge in [-0.1, -0.05) is 29.3 Å². The van der Waals surface area contributed by atoms with E-state index in [0.29, 0.717) is 0 Å². The van der Waals surface area contributed by atoms with Gasteiger partial charge in [-0.05, 0) is 60.6 Å². The van der Waals surface area contributed by atoms with Gasteiger partial charge < -0.3 is 4.98 Å². The highest BCUT2D eigenvalue weighted by Gasteiger charge is 2.25. The summed E-state index contributed by atoms with van der Waals surface area (Å²) in [6, 6.07) is 10.6. The lowest BCUT2D eigenvalue weighted by atomic mass is 9.88. The molecule has 5 rings (SSSR count). The van der Waals surface area contributed by atoms with E-state index in [1.807, 2.05) is 18.5 Å². The highest BCUT2D eigenvalue weighted by Crippen LogP contribution is 2.38. The smallest absolute Gasteiger partial charge is 0.0923 e. The molecule has 28 heavy (non-hydrogen) atoms. The van der Waals surface area contributed by atoms with Gasteiger partial charge in [-0.2, -0.15) is 0 Å². The number of rotatable bonds is 2. The molecule has 2 aliphatic rings. The molecule has 1 N–H and O–H groups in total. The number of imidazole rings is 1. The third-order valence-electron chi connectivity index (χ3n) is 5.88. The number of nitrogens with zero attached hydrogens (tertiary/aromatic N) is 3. The highest BCUT2D eigenvalue weighted by molar-refractivity contribution is 6.30. The van der Waals surface area contributed by atoms with Gasteiger partial charge in [-0.3, -0.25) is 9.88 Å². The molecular weight excluding hydrogens is 368 g/mol. The molecule has 1 aromatic carbocycles. The largest absolute Gasteiger partial charge is 0.351 e. The van der Waals surface area contributed by atoms with Crippen LogP contribution < -0.4 is 0 Å². The van der Waals surface area contributed by atoms with Gasteiger partial charge >= 0.3 is 0 Å². The van der Waals surface area contributed by atoms with Gasteiger partial charge in [0.2, 0.25) is 0 Å². The topological polar surface area (TPSA) is 44.8 Å². The van der Waals surface area contributed by atoms with Crippen LogP contribution in [0.4, 0.5) is 0 Å². The Morgan fingerprint density at radius 2 is 1.86 bits per heavy atom. The minimum atomic E-state index is 0.816. The van der Waals surface area contributed by atoms with Crippen LogP contribution in [0.3, 0.4) is 0 Å². The Bertz CT molecular complexity index is 1010. The van der Waals surface area contributed by atoms with Gasteiger partial charge in [0, 0.05) is 42.6 Å². The molecule has 1 fully saturated rings. The van der Waals surface area contributed by atoms with Gasteiger partial charge in [0.25, 0.3) is 0 Å².